The van der Waals surface area contributed by atoms with Crippen molar-refractivity contribution in [2.24, 2.45) is 0 Å². The van der Waals surface area contributed by atoms with E-state index in [-0.39, 0.29) is 16.8 Å². The fraction of sp³-hybridized carbons (Fsp3) is 0.538. The average molecular weight is 313 g/mol. The van der Waals surface area contributed by atoms with Crippen LogP contribution in [0.5, 0.6) is 0 Å². The predicted molar refractivity (Wildman–Crippen MR) is 78.5 cm³/mol. The lowest BCUT2D eigenvalue weighted by molar-refractivity contribution is -0.385. The van der Waals surface area contributed by atoms with Crippen molar-refractivity contribution in [3.05, 3.63) is 33.1 Å². The van der Waals surface area contributed by atoms with Crippen LogP contribution in [-0.4, -0.2) is 46.4 Å². The zero-order valence-corrected chi connectivity index (χ0v) is 12.5. The quantitative estimate of drug-likeness (QED) is 0.521. The van der Waals surface area contributed by atoms with E-state index < -0.39 is 16.5 Å². The number of hydrogen-bond donors (Lipinski definition) is 1. The Morgan fingerprint density at radius 1 is 1.57 bits per heavy atom. The molecule has 0 aromatic carbocycles. The summed E-state index contributed by atoms with van der Waals surface area (Å²) in [7, 11) is 0. The molecule has 1 aliphatic heterocycles. The topological polar surface area (TPSA) is 88.4 Å². The van der Waals surface area contributed by atoms with Crippen molar-refractivity contribution in [2.75, 3.05) is 19.6 Å². The molecule has 1 aliphatic rings. The van der Waals surface area contributed by atoms with E-state index in [0.717, 1.165) is 32.5 Å². The van der Waals surface area contributed by atoms with Crippen LogP contribution in [0.25, 0.3) is 0 Å². The molecule has 8 heteroatoms. The number of carbonyl (C=O) groups excluding carboxylic acids is 1. The Morgan fingerprint density at radius 3 is 2.81 bits per heavy atom. The summed E-state index contributed by atoms with van der Waals surface area (Å²) in [4.78, 5) is 28.5. The molecule has 1 aromatic rings. The highest BCUT2D eigenvalue weighted by atomic mass is 35.5. The minimum atomic E-state index is -0.677. The number of nitrogens with zero attached hydrogens (tertiary/aromatic N) is 3. The van der Waals surface area contributed by atoms with Crippen molar-refractivity contribution in [3.63, 3.8) is 0 Å². The summed E-state index contributed by atoms with van der Waals surface area (Å²) in [6, 6.07) is 1.35. The fourth-order valence-electron chi connectivity index (χ4n) is 2.44. The van der Waals surface area contributed by atoms with Crippen LogP contribution >= 0.6 is 11.6 Å². The second-order valence-corrected chi connectivity index (χ2v) is 5.30. The van der Waals surface area contributed by atoms with Gasteiger partial charge in [-0.05, 0) is 25.5 Å². The molecule has 0 atom stereocenters. The van der Waals surface area contributed by atoms with Gasteiger partial charge in [-0.3, -0.25) is 14.9 Å². The molecule has 1 amide bonds. The summed E-state index contributed by atoms with van der Waals surface area (Å²) in [6.07, 6.45) is 2.97. The van der Waals surface area contributed by atoms with Crippen molar-refractivity contribution in [1.82, 2.24) is 15.2 Å². The second kappa shape index (κ2) is 6.82. The van der Waals surface area contributed by atoms with E-state index in [2.05, 4.69) is 22.1 Å². The lowest BCUT2D eigenvalue weighted by Gasteiger charge is -2.31. The number of hydrogen-bond acceptors (Lipinski definition) is 5. The lowest BCUT2D eigenvalue weighted by Crippen LogP contribution is -2.44. The van der Waals surface area contributed by atoms with Gasteiger partial charge in [0.25, 0.3) is 5.91 Å². The predicted octanol–water partition coefficient (Wildman–Crippen LogP) is 1.86. The normalized spacial score (nSPS) is 16.7. The maximum Gasteiger partial charge on any atom is 0.319 e. The molecule has 1 saturated heterocycles. The van der Waals surface area contributed by atoms with Crippen molar-refractivity contribution in [2.45, 2.75) is 25.8 Å². The molecule has 2 heterocycles. The van der Waals surface area contributed by atoms with Crippen molar-refractivity contribution >= 4 is 23.2 Å². The third kappa shape index (κ3) is 3.68. The molecule has 2 rings (SSSR count). The second-order valence-electron chi connectivity index (χ2n) is 4.94. The van der Waals surface area contributed by atoms with E-state index in [1.54, 1.807) is 0 Å². The largest absolute Gasteiger partial charge is 0.349 e. The van der Waals surface area contributed by atoms with E-state index in [4.69, 9.17) is 11.6 Å². The summed E-state index contributed by atoms with van der Waals surface area (Å²) in [6.45, 7) is 4.93. The molecule has 1 fully saturated rings. The minimum Gasteiger partial charge on any atom is -0.349 e. The van der Waals surface area contributed by atoms with Crippen LogP contribution in [0.3, 0.4) is 0 Å². The SMILES string of the molecule is CCN1CCC(NC(=O)c2ccnc(Cl)c2[N+](=O)[O-])CC1. The number of aromatic nitrogens is 1. The van der Waals surface area contributed by atoms with E-state index >= 15 is 0 Å². The molecule has 0 aliphatic carbocycles. The first-order valence-corrected chi connectivity index (χ1v) is 7.22. The van der Waals surface area contributed by atoms with Crippen molar-refractivity contribution in [3.8, 4) is 0 Å². The summed E-state index contributed by atoms with van der Waals surface area (Å²) in [5, 5.41) is 13.6. The Balaban J connectivity index is 2.08. The van der Waals surface area contributed by atoms with Crippen LogP contribution in [0.1, 0.15) is 30.1 Å². The summed E-state index contributed by atoms with van der Waals surface area (Å²) in [5.74, 6) is -0.471. The monoisotopic (exact) mass is 312 g/mol. The zero-order chi connectivity index (χ0) is 15.4. The average Bonchev–Trinajstić information content (AvgIpc) is 2.47. The number of likely N-dealkylation sites (tertiary alicyclic amines) is 1. The van der Waals surface area contributed by atoms with Crippen LogP contribution < -0.4 is 5.32 Å². The number of rotatable bonds is 4. The molecule has 114 valence electrons. The first kappa shape index (κ1) is 15.7. The third-order valence-electron chi connectivity index (χ3n) is 3.68. The van der Waals surface area contributed by atoms with Gasteiger partial charge in [-0.1, -0.05) is 18.5 Å². The molecule has 7 nitrogen and oxygen atoms in total. The highest BCUT2D eigenvalue weighted by Gasteiger charge is 2.27. The molecule has 1 aromatic heterocycles. The maximum atomic E-state index is 12.2. The summed E-state index contributed by atoms with van der Waals surface area (Å²) < 4.78 is 0. The highest BCUT2D eigenvalue weighted by molar-refractivity contribution is 6.32. The van der Waals surface area contributed by atoms with Crippen LogP contribution in [-0.2, 0) is 0 Å². The van der Waals surface area contributed by atoms with Gasteiger partial charge in [0.05, 0.1) is 4.92 Å². The van der Waals surface area contributed by atoms with Crippen molar-refractivity contribution in [1.29, 1.82) is 0 Å². The van der Waals surface area contributed by atoms with Gasteiger partial charge >= 0.3 is 5.69 Å². The Labute approximate surface area is 127 Å². The molecule has 1 N–H and O–H groups in total. The van der Waals surface area contributed by atoms with Crippen LogP contribution in [0.4, 0.5) is 5.69 Å². The molecular formula is C13H17ClN4O3. The number of piperidine rings is 1. The first-order chi connectivity index (χ1) is 10.0. The Hall–Kier alpha value is -1.73. The van der Waals surface area contributed by atoms with Gasteiger partial charge < -0.3 is 10.2 Å². The molecule has 0 unspecified atom stereocenters. The van der Waals surface area contributed by atoms with Crippen LogP contribution in [0.2, 0.25) is 5.15 Å². The number of halogens is 1. The fourth-order valence-corrected chi connectivity index (χ4v) is 2.67. The Morgan fingerprint density at radius 2 is 2.24 bits per heavy atom. The third-order valence-corrected chi connectivity index (χ3v) is 3.95. The molecule has 0 spiro atoms. The van der Waals surface area contributed by atoms with E-state index in [1.165, 1.54) is 12.3 Å². The van der Waals surface area contributed by atoms with Gasteiger partial charge in [-0.25, -0.2) is 4.98 Å². The maximum absolute atomic E-state index is 12.2. The smallest absolute Gasteiger partial charge is 0.319 e. The zero-order valence-electron chi connectivity index (χ0n) is 11.7. The molecule has 0 radical (unpaired) electrons. The van der Waals surface area contributed by atoms with Gasteiger partial charge in [-0.2, -0.15) is 0 Å². The first-order valence-electron chi connectivity index (χ1n) is 6.85. The van der Waals surface area contributed by atoms with E-state index in [9.17, 15) is 14.9 Å². The number of nitrogens with one attached hydrogen (secondary N) is 1. The molecular weight excluding hydrogens is 296 g/mol. The van der Waals surface area contributed by atoms with Crippen molar-refractivity contribution < 1.29 is 9.72 Å². The lowest BCUT2D eigenvalue weighted by atomic mass is 10.0. The number of amides is 1. The van der Waals surface area contributed by atoms with Gasteiger partial charge in [-0.15, -0.1) is 0 Å². The molecule has 0 bridgehead atoms. The van der Waals surface area contributed by atoms with Gasteiger partial charge in [0.15, 0.2) is 0 Å². The van der Waals surface area contributed by atoms with Gasteiger partial charge in [0, 0.05) is 25.3 Å². The number of carbonyl (C=O) groups is 1. The van der Waals surface area contributed by atoms with Gasteiger partial charge in [0.1, 0.15) is 5.56 Å². The molecule has 21 heavy (non-hydrogen) atoms. The van der Waals surface area contributed by atoms with Crippen LogP contribution in [0, 0.1) is 10.1 Å². The minimum absolute atomic E-state index is 0.0341. The summed E-state index contributed by atoms with van der Waals surface area (Å²) in [5.41, 5.74) is -0.486. The molecule has 0 saturated carbocycles. The highest BCUT2D eigenvalue weighted by Crippen LogP contribution is 2.26. The summed E-state index contributed by atoms with van der Waals surface area (Å²) >= 11 is 5.71. The Bertz CT molecular complexity index is 544. The standard InChI is InChI=1S/C13H17ClN4O3/c1-2-17-7-4-9(5-8-17)16-13(19)10-3-6-15-12(14)11(10)18(20)21/h3,6,9H,2,4-5,7-8H2,1H3,(H,16,19). The number of nitro groups is 1. The van der Waals surface area contributed by atoms with E-state index in [0.29, 0.717) is 0 Å². The van der Waals surface area contributed by atoms with Gasteiger partial charge in [0.2, 0.25) is 5.15 Å². The van der Waals surface area contributed by atoms with Crippen LogP contribution in [0.15, 0.2) is 12.3 Å². The number of pyridine rings is 1. The van der Waals surface area contributed by atoms with E-state index in [1.807, 2.05) is 0 Å². The Kier molecular flexibility index (Phi) is 5.08.